The number of hydrogen-bond acceptors (Lipinski definition) is 7. The molecule has 0 N–H and O–H groups in total. The van der Waals surface area contributed by atoms with E-state index in [1.165, 1.54) is 12.8 Å². The molecule has 0 amide bonds. The highest BCUT2D eigenvalue weighted by Crippen LogP contribution is 2.11. The molecule has 58 heavy (non-hydrogen) atoms. The molecule has 0 aromatic rings. The van der Waals surface area contributed by atoms with E-state index in [2.05, 4.69) is 111 Å². The lowest BCUT2D eigenvalue weighted by molar-refractivity contribution is -0.889. The number of carboxylic acid groups (broad SMARTS) is 1. The van der Waals surface area contributed by atoms with Crippen molar-refractivity contribution in [2.75, 3.05) is 41.0 Å². The Morgan fingerprint density at radius 1 is 0.552 bits per heavy atom. The Labute approximate surface area is 354 Å². The van der Waals surface area contributed by atoms with Gasteiger partial charge in [0.25, 0.3) is 0 Å². The van der Waals surface area contributed by atoms with E-state index in [1.54, 1.807) is 21.1 Å². The van der Waals surface area contributed by atoms with Crippen molar-refractivity contribution in [1.29, 1.82) is 0 Å². The second kappa shape index (κ2) is 40.0. The molecule has 328 valence electrons. The topological polar surface area (TPSA) is 102 Å². The van der Waals surface area contributed by atoms with Gasteiger partial charge in [-0.15, -0.1) is 0 Å². The molecule has 0 spiro atoms. The summed E-state index contributed by atoms with van der Waals surface area (Å²) in [4.78, 5) is 36.8. The van der Waals surface area contributed by atoms with Gasteiger partial charge in [-0.2, -0.15) is 0 Å². The molecule has 0 aliphatic carbocycles. The molecule has 0 aromatic carbocycles. The first-order valence-corrected chi connectivity index (χ1v) is 22.3. The number of likely N-dealkylation sites (N-methyl/N-ethyl adjacent to an activating group) is 1. The van der Waals surface area contributed by atoms with Crippen LogP contribution in [0.3, 0.4) is 0 Å². The Balaban J connectivity index is 4.40. The number of quaternary nitrogens is 1. The Kier molecular flexibility index (Phi) is 37.5. The molecule has 2 unspecified atom stereocenters. The van der Waals surface area contributed by atoms with Gasteiger partial charge >= 0.3 is 11.9 Å². The van der Waals surface area contributed by atoms with E-state index < -0.39 is 18.1 Å². The van der Waals surface area contributed by atoms with E-state index in [0.717, 1.165) is 103 Å². The molecule has 0 fully saturated rings. The lowest BCUT2D eigenvalue weighted by atomic mass is 10.1. The van der Waals surface area contributed by atoms with Gasteiger partial charge in [-0.25, -0.2) is 0 Å². The van der Waals surface area contributed by atoms with Crippen molar-refractivity contribution in [2.24, 2.45) is 0 Å². The highest BCUT2D eigenvalue weighted by Gasteiger charge is 2.25. The molecular weight excluding hydrogens is 727 g/mol. The van der Waals surface area contributed by atoms with Gasteiger partial charge in [0.2, 0.25) is 0 Å². The van der Waals surface area contributed by atoms with E-state index in [-0.39, 0.29) is 49.1 Å². The van der Waals surface area contributed by atoms with Crippen molar-refractivity contribution in [3.63, 3.8) is 0 Å². The van der Waals surface area contributed by atoms with Crippen molar-refractivity contribution >= 4 is 17.9 Å². The summed E-state index contributed by atoms with van der Waals surface area (Å²) in [6.45, 7) is 4.41. The number of esters is 2. The van der Waals surface area contributed by atoms with Crippen LogP contribution in [0.5, 0.6) is 0 Å². The minimum atomic E-state index is -1.14. The summed E-state index contributed by atoms with van der Waals surface area (Å²) >= 11 is 0. The fourth-order valence-corrected chi connectivity index (χ4v) is 5.75. The van der Waals surface area contributed by atoms with Crippen molar-refractivity contribution in [2.45, 2.75) is 161 Å². The highest BCUT2D eigenvalue weighted by atomic mass is 16.6. The van der Waals surface area contributed by atoms with Gasteiger partial charge in [0, 0.05) is 19.3 Å². The maximum absolute atomic E-state index is 12.7. The average Bonchev–Trinajstić information content (AvgIpc) is 3.18. The predicted octanol–water partition coefficient (Wildman–Crippen LogP) is 11.0. The van der Waals surface area contributed by atoms with Crippen LogP contribution in [0.25, 0.3) is 0 Å². The molecular formula is C50H81NO7. The van der Waals surface area contributed by atoms with Crippen LogP contribution in [0.4, 0.5) is 0 Å². The van der Waals surface area contributed by atoms with Crippen LogP contribution < -0.4 is 5.11 Å². The van der Waals surface area contributed by atoms with Crippen LogP contribution in [0.2, 0.25) is 0 Å². The van der Waals surface area contributed by atoms with Gasteiger partial charge < -0.3 is 28.6 Å². The minimum absolute atomic E-state index is 0.0150. The molecule has 0 aliphatic rings. The predicted molar refractivity (Wildman–Crippen MR) is 240 cm³/mol. The first-order chi connectivity index (χ1) is 28.1. The minimum Gasteiger partial charge on any atom is -0.544 e. The number of carboxylic acids is 1. The van der Waals surface area contributed by atoms with Gasteiger partial charge in [0.05, 0.1) is 40.3 Å². The monoisotopic (exact) mass is 808 g/mol. The Morgan fingerprint density at radius 2 is 1.02 bits per heavy atom. The Morgan fingerprint density at radius 3 is 1.53 bits per heavy atom. The van der Waals surface area contributed by atoms with Crippen LogP contribution in [0.15, 0.2) is 97.2 Å². The van der Waals surface area contributed by atoms with E-state index in [0.29, 0.717) is 6.42 Å². The zero-order valence-corrected chi connectivity index (χ0v) is 37.2. The summed E-state index contributed by atoms with van der Waals surface area (Å²) in [5, 5.41) is 11.6. The number of hydrogen-bond donors (Lipinski definition) is 0. The third kappa shape index (κ3) is 37.8. The molecule has 8 nitrogen and oxygen atoms in total. The van der Waals surface area contributed by atoms with Gasteiger partial charge in [0.15, 0.2) is 6.10 Å². The fraction of sp³-hybridized carbons (Fsp3) is 0.620. The lowest BCUT2D eigenvalue weighted by Gasteiger charge is -2.34. The number of carbonyl (C=O) groups is 3. The average molecular weight is 808 g/mol. The summed E-state index contributed by atoms with van der Waals surface area (Å²) in [6.07, 6.45) is 52.9. The van der Waals surface area contributed by atoms with E-state index in [1.807, 2.05) is 0 Å². The maximum Gasteiger partial charge on any atom is 0.306 e. The number of nitrogens with zero attached hydrogens (tertiary/aromatic N) is 1. The second-order valence-corrected chi connectivity index (χ2v) is 15.6. The quantitative estimate of drug-likeness (QED) is 0.0201. The zero-order valence-electron chi connectivity index (χ0n) is 37.2. The van der Waals surface area contributed by atoms with E-state index in [4.69, 9.17) is 14.2 Å². The SMILES string of the molecule is CC/C=C/C/C=C/C/C=C/C/C=C/C/C=C/C/C=C/CCCCCCC(=O)OC(COCCC(C(=O)[O-])[N+](C)(C)C)COC(=O)CCCCC/C=C/C=C/CCCC. The number of allylic oxidation sites excluding steroid dienone is 16. The van der Waals surface area contributed by atoms with Crippen LogP contribution in [0, 0.1) is 0 Å². The highest BCUT2D eigenvalue weighted by molar-refractivity contribution is 5.70. The molecule has 8 heteroatoms. The van der Waals surface area contributed by atoms with Gasteiger partial charge in [-0.05, 0) is 83.5 Å². The summed E-state index contributed by atoms with van der Waals surface area (Å²) in [5.74, 6) is -1.82. The van der Waals surface area contributed by atoms with Gasteiger partial charge in [0.1, 0.15) is 12.6 Å². The molecule has 0 aromatic heterocycles. The van der Waals surface area contributed by atoms with Crippen molar-refractivity contribution in [3.8, 4) is 0 Å². The summed E-state index contributed by atoms with van der Waals surface area (Å²) in [5.41, 5.74) is 0. The van der Waals surface area contributed by atoms with Crippen molar-refractivity contribution in [1.82, 2.24) is 0 Å². The first-order valence-electron chi connectivity index (χ1n) is 22.3. The molecule has 0 rings (SSSR count). The Hall–Kier alpha value is -3.75. The van der Waals surface area contributed by atoms with Crippen LogP contribution in [-0.4, -0.2) is 75.5 Å². The molecule has 0 radical (unpaired) electrons. The van der Waals surface area contributed by atoms with Crippen LogP contribution in [-0.2, 0) is 28.6 Å². The number of rotatable bonds is 38. The number of aliphatic carboxylic acids is 1. The third-order valence-corrected chi connectivity index (χ3v) is 9.23. The normalized spacial score (nSPS) is 13.9. The molecule has 0 saturated heterocycles. The molecule has 0 saturated carbocycles. The van der Waals surface area contributed by atoms with Crippen LogP contribution in [0.1, 0.15) is 149 Å². The molecule has 0 heterocycles. The molecule has 2 atom stereocenters. The number of ether oxygens (including phenoxy) is 3. The summed E-state index contributed by atoms with van der Waals surface area (Å²) < 4.78 is 17.1. The lowest BCUT2D eigenvalue weighted by Crippen LogP contribution is -2.55. The second-order valence-electron chi connectivity index (χ2n) is 15.6. The number of unbranched alkanes of at least 4 members (excludes halogenated alkanes) is 9. The summed E-state index contributed by atoms with van der Waals surface area (Å²) in [6, 6.07) is -0.740. The smallest absolute Gasteiger partial charge is 0.306 e. The number of carbonyl (C=O) groups excluding carboxylic acids is 3. The molecule has 0 bridgehead atoms. The summed E-state index contributed by atoms with van der Waals surface area (Å²) in [7, 11) is 5.37. The van der Waals surface area contributed by atoms with E-state index >= 15 is 0 Å². The zero-order chi connectivity index (χ0) is 42.8. The Bertz CT molecular complexity index is 1260. The maximum atomic E-state index is 12.7. The third-order valence-electron chi connectivity index (χ3n) is 9.23. The standard InChI is InChI=1S/C50H81NO7/c1-6-8-10-12-14-16-18-19-20-21-22-23-24-25-26-27-28-29-31-33-35-37-39-41-49(53)58-46(44-56-43-42-47(50(54)55)51(3,4)5)45-57-48(52)40-38-36-34-32-30-17-15-13-11-9-7-2/h8,10,13-17,19-20,22-23,25-26,28-30,46-47H,6-7,9,11-12,18,21,24,27,31-45H2,1-5H3/b10-8+,15-13+,16-14+,20-19+,23-22+,26-25+,29-28+,30-17+. The van der Waals surface area contributed by atoms with Crippen LogP contribution >= 0.6 is 0 Å². The largest absolute Gasteiger partial charge is 0.544 e. The van der Waals surface area contributed by atoms with Gasteiger partial charge in [-0.1, -0.05) is 143 Å². The van der Waals surface area contributed by atoms with Crippen molar-refractivity contribution < 1.29 is 38.2 Å². The van der Waals surface area contributed by atoms with Gasteiger partial charge in [-0.3, -0.25) is 9.59 Å². The fourth-order valence-electron chi connectivity index (χ4n) is 5.75. The van der Waals surface area contributed by atoms with Crippen molar-refractivity contribution in [3.05, 3.63) is 97.2 Å². The molecule has 0 aliphatic heterocycles. The van der Waals surface area contributed by atoms with E-state index in [9.17, 15) is 19.5 Å². The first kappa shape index (κ1) is 54.2.